The van der Waals surface area contributed by atoms with Crippen LogP contribution in [0.5, 0.6) is 0 Å². The first-order valence-electron chi connectivity index (χ1n) is 46.7. The second kappa shape index (κ2) is 27.2. The third kappa shape index (κ3) is 11.2. The van der Waals surface area contributed by atoms with Crippen molar-refractivity contribution in [1.29, 1.82) is 0 Å². The standard InChI is InChI=1S/C40H26.2C34H22/c1-2-12-31-26-32(25-20-27(31)10-1)40-37-17-7-5-15-35(37)39(36-16-6-8-18-38(36)40)30-23-21-29(22-24-30)34-19-9-13-28-11-3-4-14-33(28)34;2*1-2-12-25-22-26(21-20-23(25)10-1)33-29-15-5-7-17-31(29)34(32-18-8-6-16-30(32)33)28-19-9-13-24-11-3-4-14-27(24)28/h1-26H;2*1-22H/i;1D,2D,3D,4D,9D,10D,11D,12D,13D,14D,19D,20D,21D,22D;5D,6D,7D,8D,15D,16D,17D,18D. The summed E-state index contributed by atoms with van der Waals surface area (Å²) in [4.78, 5) is 0. The molecule has 0 aliphatic heterocycles. The normalized spacial score (nSPS) is 14.4. The molecule has 0 atom stereocenters. The van der Waals surface area contributed by atoms with Crippen LogP contribution in [0.15, 0.2) is 424 Å². The SMILES string of the molecule is [2H]c1c([2H])c([2H])c2c(-c3cccc4ccccc34)c3c([2H])c([2H])c([2H])c([2H])c3c(-c3ccc4ccccc4c3)c2c1[2H].[2H]c1c([2H])c([2H])c2c([2H])c(-c3c4ccccc4c(-c4c([2H])c([2H])c([2H])c5c([2H])c([2H])c([2H])c([2H])c45)c4ccccc34)c([2H])c([2H])c2c1[2H].c1ccc2cc(-c3c4ccccc4c(-c4ccc(-c5cccc6ccccc56)cc4)c4ccccc34)ccc2c1. The third-order valence-corrected chi connectivity index (χ3v) is 20.7. The number of fused-ring (bicyclic) bond motifs is 12. The second-order valence-corrected chi connectivity index (χ2v) is 26.7. The number of hydrogen-bond acceptors (Lipinski definition) is 0. The Morgan fingerprint density at radius 2 is 0.463 bits per heavy atom. The molecule has 0 N–H and O–H groups in total. The van der Waals surface area contributed by atoms with E-state index in [1.54, 1.807) is 48.5 Å². The Hall–Kier alpha value is -14.0. The molecule has 0 bridgehead atoms. The average molecular weight is 1390 g/mol. The van der Waals surface area contributed by atoms with Crippen molar-refractivity contribution < 1.29 is 30.2 Å². The van der Waals surface area contributed by atoms with Gasteiger partial charge in [0.1, 0.15) is 0 Å². The van der Waals surface area contributed by atoms with E-state index in [1.807, 2.05) is 84.9 Å². The molecule has 0 spiro atoms. The van der Waals surface area contributed by atoms with Gasteiger partial charge in [-0.3, -0.25) is 0 Å². The van der Waals surface area contributed by atoms with Gasteiger partial charge in [-0.1, -0.05) is 406 Å². The van der Waals surface area contributed by atoms with Gasteiger partial charge in [-0.2, -0.15) is 0 Å². The lowest BCUT2D eigenvalue weighted by molar-refractivity contribution is 1.63. The summed E-state index contributed by atoms with van der Waals surface area (Å²) in [6.07, 6.45) is 0. The molecule has 0 heteroatoms. The Bertz CT molecular complexity index is 8490. The molecule has 108 heavy (non-hydrogen) atoms. The Kier molecular flexibility index (Phi) is 11.2. The lowest BCUT2D eigenvalue weighted by atomic mass is 9.84. The van der Waals surface area contributed by atoms with Crippen molar-refractivity contribution in [2.24, 2.45) is 0 Å². The predicted octanol–water partition coefficient (Wildman–Crippen LogP) is 30.6. The van der Waals surface area contributed by atoms with Gasteiger partial charge >= 0.3 is 0 Å². The minimum Gasteiger partial charge on any atom is -0.0616 e. The summed E-state index contributed by atoms with van der Waals surface area (Å²) in [6, 6.07) is 88.3. The third-order valence-electron chi connectivity index (χ3n) is 20.7. The molecule has 502 valence electrons. The molecule has 0 radical (unpaired) electrons. The van der Waals surface area contributed by atoms with E-state index < -0.39 is 103 Å². The van der Waals surface area contributed by atoms with Crippen LogP contribution in [0.3, 0.4) is 0 Å². The van der Waals surface area contributed by atoms with E-state index >= 15 is 0 Å². The molecule has 22 aromatic rings. The molecule has 0 amide bonds. The van der Waals surface area contributed by atoms with Crippen LogP contribution in [0.2, 0.25) is 0 Å². The van der Waals surface area contributed by atoms with E-state index in [4.69, 9.17) is 28.8 Å². The van der Waals surface area contributed by atoms with Crippen molar-refractivity contribution in [1.82, 2.24) is 0 Å². The zero-order chi connectivity index (χ0) is 90.6. The van der Waals surface area contributed by atoms with Crippen molar-refractivity contribution in [3.8, 4) is 77.9 Å². The first-order valence-corrected chi connectivity index (χ1v) is 35.7. The maximum Gasteiger partial charge on any atom is 0.0636 e. The topological polar surface area (TPSA) is 0 Å². The van der Waals surface area contributed by atoms with Crippen LogP contribution in [0.1, 0.15) is 30.2 Å². The number of rotatable bonds is 7. The van der Waals surface area contributed by atoms with E-state index in [2.05, 4.69) is 158 Å². The van der Waals surface area contributed by atoms with Crippen molar-refractivity contribution in [2.75, 3.05) is 0 Å². The largest absolute Gasteiger partial charge is 0.0636 e. The minimum absolute atomic E-state index is 0.0166. The zero-order valence-corrected chi connectivity index (χ0v) is 57.7. The molecule has 0 aromatic heterocycles. The summed E-state index contributed by atoms with van der Waals surface area (Å²) < 4.78 is 192. The van der Waals surface area contributed by atoms with Crippen LogP contribution >= 0.6 is 0 Å². The highest BCUT2D eigenvalue weighted by molar-refractivity contribution is 6.27. The van der Waals surface area contributed by atoms with E-state index in [0.717, 1.165) is 21.5 Å². The highest BCUT2D eigenvalue weighted by atomic mass is 14.3. The summed E-state index contributed by atoms with van der Waals surface area (Å²) in [5, 5.41) is 15.7. The Labute approximate surface area is 658 Å². The van der Waals surface area contributed by atoms with Gasteiger partial charge in [-0.25, -0.2) is 0 Å². The molecular formula is C108H70. The molecular weight excluding hydrogens is 1300 g/mol. The molecule has 0 nitrogen and oxygen atoms in total. The second-order valence-electron chi connectivity index (χ2n) is 26.7. The Morgan fingerprint density at radius 3 is 0.972 bits per heavy atom. The fourth-order valence-electron chi connectivity index (χ4n) is 15.9. The fourth-order valence-corrected chi connectivity index (χ4v) is 15.9. The highest BCUT2D eigenvalue weighted by Crippen LogP contribution is 2.50. The van der Waals surface area contributed by atoms with Crippen LogP contribution in [0.25, 0.3) is 207 Å². The molecule has 0 unspecified atom stereocenters. The summed E-state index contributed by atoms with van der Waals surface area (Å²) in [7, 11) is 0. The average Bonchev–Trinajstić information content (AvgIpc) is 0.693. The van der Waals surface area contributed by atoms with Gasteiger partial charge in [-0.15, -0.1) is 0 Å². The molecule has 0 heterocycles. The molecule has 0 saturated carbocycles. The Morgan fingerprint density at radius 1 is 0.139 bits per heavy atom. The highest BCUT2D eigenvalue weighted by Gasteiger charge is 2.22. The van der Waals surface area contributed by atoms with Gasteiger partial charge in [0, 0.05) is 0 Å². The predicted molar refractivity (Wildman–Crippen MR) is 467 cm³/mol. The number of hydrogen-bond donors (Lipinski definition) is 0. The van der Waals surface area contributed by atoms with Crippen molar-refractivity contribution in [2.45, 2.75) is 0 Å². The molecule has 0 fully saturated rings. The van der Waals surface area contributed by atoms with Crippen LogP contribution in [0, 0.1) is 0 Å². The first kappa shape index (κ1) is 44.6. The van der Waals surface area contributed by atoms with Gasteiger partial charge in [-0.05, 0) is 225 Å². The molecule has 0 aliphatic carbocycles. The van der Waals surface area contributed by atoms with Crippen LogP contribution in [-0.2, 0) is 0 Å². The van der Waals surface area contributed by atoms with Gasteiger partial charge in [0.25, 0.3) is 0 Å². The maximum atomic E-state index is 9.27. The van der Waals surface area contributed by atoms with Gasteiger partial charge < -0.3 is 0 Å². The first-order chi connectivity index (χ1) is 62.8. The van der Waals surface area contributed by atoms with Gasteiger partial charge in [0.2, 0.25) is 0 Å². The minimum atomic E-state index is -0.573. The van der Waals surface area contributed by atoms with Crippen LogP contribution < -0.4 is 0 Å². The summed E-state index contributed by atoms with van der Waals surface area (Å²) in [6.45, 7) is 0. The molecule has 22 rings (SSSR count). The lowest BCUT2D eigenvalue weighted by Gasteiger charge is -2.19. The van der Waals surface area contributed by atoms with Gasteiger partial charge in [0.05, 0.1) is 30.2 Å². The smallest absolute Gasteiger partial charge is 0.0616 e. The quantitative estimate of drug-likeness (QED) is 0.140. The van der Waals surface area contributed by atoms with Crippen LogP contribution in [-0.4, -0.2) is 0 Å². The van der Waals surface area contributed by atoms with E-state index in [-0.39, 0.29) is 84.4 Å². The fraction of sp³-hybridized carbons (Fsp3) is 0. The molecule has 22 aromatic carbocycles. The summed E-state index contributed by atoms with van der Waals surface area (Å²) in [5.74, 6) is 0. The molecule has 0 saturated heterocycles. The molecule has 0 aliphatic rings. The van der Waals surface area contributed by atoms with E-state index in [0.29, 0.717) is 54.9 Å². The van der Waals surface area contributed by atoms with E-state index in [9.17, 15) is 1.37 Å². The van der Waals surface area contributed by atoms with Crippen molar-refractivity contribution in [3.63, 3.8) is 0 Å². The summed E-state index contributed by atoms with van der Waals surface area (Å²) >= 11 is 0. The van der Waals surface area contributed by atoms with Crippen molar-refractivity contribution in [3.05, 3.63) is 424 Å². The van der Waals surface area contributed by atoms with E-state index in [1.165, 1.54) is 76.5 Å². The Balaban J connectivity index is 0.000000122. The van der Waals surface area contributed by atoms with Gasteiger partial charge in [0.15, 0.2) is 0 Å². The maximum absolute atomic E-state index is 9.27. The monoisotopic (exact) mass is 1390 g/mol. The number of benzene rings is 22. The van der Waals surface area contributed by atoms with Crippen molar-refractivity contribution >= 4 is 129 Å². The zero-order valence-electron chi connectivity index (χ0n) is 79.7. The van der Waals surface area contributed by atoms with Crippen LogP contribution in [0.4, 0.5) is 0 Å². The lowest BCUT2D eigenvalue weighted by Crippen LogP contribution is -1.91. The summed E-state index contributed by atoms with van der Waals surface area (Å²) in [5.41, 5.74) is 10.2.